The van der Waals surface area contributed by atoms with Crippen LogP contribution in [0.2, 0.25) is 0 Å². The fourth-order valence-corrected chi connectivity index (χ4v) is 5.90. The quantitative estimate of drug-likeness (QED) is 0.211. The van der Waals surface area contributed by atoms with E-state index in [1.54, 1.807) is 0 Å². The number of unbranched alkanes of at least 4 members (excludes halogenated alkanes) is 8. The summed E-state index contributed by atoms with van der Waals surface area (Å²) in [5.41, 5.74) is 0. The minimum atomic E-state index is 0.430. The third-order valence-electron chi connectivity index (χ3n) is 7.93. The second-order valence-electron chi connectivity index (χ2n) is 10.7. The summed E-state index contributed by atoms with van der Waals surface area (Å²) in [6, 6.07) is 0. The van der Waals surface area contributed by atoms with Gasteiger partial charge >= 0.3 is 0 Å². The number of amides is 1. The van der Waals surface area contributed by atoms with Gasteiger partial charge in [-0.1, -0.05) is 97.8 Å². The Kier molecular flexibility index (Phi) is 13.9. The molecule has 2 saturated heterocycles. The average molecular weight is 435 g/mol. The molecular weight excluding hydrogens is 380 g/mol. The van der Waals surface area contributed by atoms with Crippen molar-refractivity contribution in [3.8, 4) is 0 Å². The summed E-state index contributed by atoms with van der Waals surface area (Å²) in [5.74, 6) is 2.88. The predicted molar refractivity (Wildman–Crippen MR) is 134 cm³/mol. The number of carbonyl (C=O) groups excluding carboxylic acids is 1. The van der Waals surface area contributed by atoms with Crippen LogP contribution in [-0.4, -0.2) is 48.4 Å². The Balaban J connectivity index is 1.59. The molecule has 2 fully saturated rings. The van der Waals surface area contributed by atoms with Crippen LogP contribution in [0.1, 0.15) is 124 Å². The van der Waals surface area contributed by atoms with Crippen LogP contribution in [0.5, 0.6) is 0 Å². The van der Waals surface area contributed by atoms with Gasteiger partial charge in [-0.25, -0.2) is 0 Å². The molecule has 0 aliphatic carbocycles. The Hall–Kier alpha value is -0.570. The first kappa shape index (κ1) is 26.7. The van der Waals surface area contributed by atoms with E-state index in [2.05, 4.69) is 30.6 Å². The molecule has 0 aromatic rings. The summed E-state index contributed by atoms with van der Waals surface area (Å²) in [6.07, 6.45) is 21.1. The molecule has 0 radical (unpaired) electrons. The van der Waals surface area contributed by atoms with E-state index in [4.69, 9.17) is 0 Å². The zero-order valence-electron chi connectivity index (χ0n) is 21.4. The van der Waals surface area contributed by atoms with Gasteiger partial charge in [0.25, 0.3) is 0 Å². The molecule has 3 nitrogen and oxygen atoms in total. The highest BCUT2D eigenvalue weighted by atomic mass is 16.2. The van der Waals surface area contributed by atoms with Gasteiger partial charge in [-0.15, -0.1) is 0 Å². The molecule has 3 atom stereocenters. The Morgan fingerprint density at radius 2 is 1.23 bits per heavy atom. The van der Waals surface area contributed by atoms with E-state index in [0.717, 1.165) is 43.7 Å². The van der Waals surface area contributed by atoms with E-state index < -0.39 is 0 Å². The number of hydrogen-bond acceptors (Lipinski definition) is 2. The fraction of sp³-hybridized carbons (Fsp3) is 0.964. The summed E-state index contributed by atoms with van der Waals surface area (Å²) < 4.78 is 0. The zero-order chi connectivity index (χ0) is 22.3. The summed E-state index contributed by atoms with van der Waals surface area (Å²) in [6.45, 7) is 12.7. The average Bonchev–Trinajstić information content (AvgIpc) is 3.33. The van der Waals surface area contributed by atoms with Crippen molar-refractivity contribution in [2.45, 2.75) is 124 Å². The molecule has 2 aliphatic heterocycles. The molecule has 0 spiro atoms. The van der Waals surface area contributed by atoms with Crippen molar-refractivity contribution in [2.24, 2.45) is 17.8 Å². The molecule has 2 aliphatic rings. The van der Waals surface area contributed by atoms with Gasteiger partial charge in [-0.05, 0) is 43.6 Å². The van der Waals surface area contributed by atoms with Crippen LogP contribution in [0.3, 0.4) is 0 Å². The van der Waals surface area contributed by atoms with Gasteiger partial charge in [0.1, 0.15) is 0 Å². The van der Waals surface area contributed by atoms with E-state index in [0.29, 0.717) is 5.91 Å². The Bertz CT molecular complexity index is 452. The van der Waals surface area contributed by atoms with Crippen molar-refractivity contribution in [1.29, 1.82) is 0 Å². The molecule has 1 amide bonds. The number of hydrogen-bond donors (Lipinski definition) is 0. The predicted octanol–water partition coefficient (Wildman–Crippen LogP) is 7.29. The van der Waals surface area contributed by atoms with Crippen molar-refractivity contribution in [2.75, 3.05) is 32.7 Å². The summed E-state index contributed by atoms with van der Waals surface area (Å²) in [5, 5.41) is 0. The first-order valence-corrected chi connectivity index (χ1v) is 14.2. The number of nitrogens with zero attached hydrogens (tertiary/aromatic N) is 2. The van der Waals surface area contributed by atoms with Gasteiger partial charge in [-0.3, -0.25) is 4.79 Å². The lowest BCUT2D eigenvalue weighted by molar-refractivity contribution is -0.130. The second kappa shape index (κ2) is 16.1. The first-order valence-electron chi connectivity index (χ1n) is 14.2. The maximum absolute atomic E-state index is 12.6. The maximum atomic E-state index is 12.6. The summed E-state index contributed by atoms with van der Waals surface area (Å²) in [7, 11) is 0. The van der Waals surface area contributed by atoms with E-state index in [1.165, 1.54) is 110 Å². The maximum Gasteiger partial charge on any atom is 0.222 e. The lowest BCUT2D eigenvalue weighted by Gasteiger charge is -2.23. The molecule has 0 bridgehead atoms. The van der Waals surface area contributed by atoms with Gasteiger partial charge in [0.05, 0.1) is 0 Å². The molecule has 0 saturated carbocycles. The minimum Gasteiger partial charge on any atom is -0.342 e. The van der Waals surface area contributed by atoms with Crippen LogP contribution in [0.25, 0.3) is 0 Å². The number of carbonyl (C=O) groups is 1. The minimum absolute atomic E-state index is 0.430. The zero-order valence-corrected chi connectivity index (χ0v) is 21.4. The molecule has 2 rings (SSSR count). The van der Waals surface area contributed by atoms with Crippen molar-refractivity contribution in [3.05, 3.63) is 0 Å². The number of likely N-dealkylation sites (tertiary alicyclic amines) is 2. The van der Waals surface area contributed by atoms with Crippen molar-refractivity contribution >= 4 is 5.91 Å². The fourth-order valence-electron chi connectivity index (χ4n) is 5.90. The second-order valence-corrected chi connectivity index (χ2v) is 10.7. The van der Waals surface area contributed by atoms with Crippen molar-refractivity contribution in [3.63, 3.8) is 0 Å². The van der Waals surface area contributed by atoms with Gasteiger partial charge < -0.3 is 9.80 Å². The molecule has 2 heterocycles. The molecule has 0 N–H and O–H groups in total. The highest BCUT2D eigenvalue weighted by Gasteiger charge is 2.40. The monoisotopic (exact) mass is 434 g/mol. The van der Waals surface area contributed by atoms with Crippen LogP contribution < -0.4 is 0 Å². The molecule has 0 aromatic heterocycles. The van der Waals surface area contributed by atoms with Gasteiger partial charge in [0.2, 0.25) is 5.91 Å². The highest BCUT2D eigenvalue weighted by Crippen LogP contribution is 2.32. The third-order valence-corrected chi connectivity index (χ3v) is 7.93. The highest BCUT2D eigenvalue weighted by molar-refractivity contribution is 5.76. The lowest BCUT2D eigenvalue weighted by atomic mass is 9.91. The first-order chi connectivity index (χ1) is 15.2. The normalized spacial score (nSPS) is 22.2. The Morgan fingerprint density at radius 3 is 1.87 bits per heavy atom. The lowest BCUT2D eigenvalue weighted by Crippen LogP contribution is -2.33. The molecule has 0 aromatic carbocycles. The Labute approximate surface area is 194 Å². The third kappa shape index (κ3) is 10.3. The van der Waals surface area contributed by atoms with Gasteiger partial charge in [0, 0.05) is 32.6 Å². The molecule has 3 unspecified atom stereocenters. The van der Waals surface area contributed by atoms with Gasteiger partial charge in [0.15, 0.2) is 0 Å². The van der Waals surface area contributed by atoms with E-state index in [9.17, 15) is 4.79 Å². The van der Waals surface area contributed by atoms with E-state index in [-0.39, 0.29) is 0 Å². The molecule has 3 heteroatoms. The van der Waals surface area contributed by atoms with Crippen LogP contribution in [0, 0.1) is 17.8 Å². The molecule has 31 heavy (non-hydrogen) atoms. The largest absolute Gasteiger partial charge is 0.342 e. The van der Waals surface area contributed by atoms with Crippen molar-refractivity contribution in [1.82, 2.24) is 9.80 Å². The standard InChI is InChI=1S/C28H54N2O/c1-4-7-10-12-14-19-28(31)30-23-26-21-29(22-27(26)24-30)20-15-18-25(16-9-6-3)17-13-11-8-5-2/h25-27H,4-24H2,1-3H3. The summed E-state index contributed by atoms with van der Waals surface area (Å²) in [4.78, 5) is 17.5. The molecular formula is C28H54N2O. The van der Waals surface area contributed by atoms with Gasteiger partial charge in [-0.2, -0.15) is 0 Å². The van der Waals surface area contributed by atoms with E-state index in [1.807, 2.05) is 0 Å². The topological polar surface area (TPSA) is 23.6 Å². The number of rotatable bonds is 18. The van der Waals surface area contributed by atoms with E-state index >= 15 is 0 Å². The van der Waals surface area contributed by atoms with Crippen LogP contribution in [-0.2, 0) is 4.79 Å². The van der Waals surface area contributed by atoms with Crippen LogP contribution in [0.4, 0.5) is 0 Å². The number of fused-ring (bicyclic) bond motifs is 1. The Morgan fingerprint density at radius 1 is 0.677 bits per heavy atom. The molecule has 182 valence electrons. The van der Waals surface area contributed by atoms with Crippen LogP contribution >= 0.6 is 0 Å². The SMILES string of the molecule is CCCCCCCC(=O)N1CC2CN(CCCC(CCCC)CCCCCC)CC2C1. The smallest absolute Gasteiger partial charge is 0.222 e. The van der Waals surface area contributed by atoms with Crippen molar-refractivity contribution < 1.29 is 4.79 Å². The summed E-state index contributed by atoms with van der Waals surface area (Å²) >= 11 is 0. The van der Waals surface area contributed by atoms with Crippen LogP contribution in [0.15, 0.2) is 0 Å².